The van der Waals surface area contributed by atoms with Gasteiger partial charge in [0.25, 0.3) is 0 Å². The highest BCUT2D eigenvalue weighted by Crippen LogP contribution is 2.23. The number of ether oxygens (including phenoxy) is 2. The second kappa shape index (κ2) is 4.24. The van der Waals surface area contributed by atoms with Crippen molar-refractivity contribution in [1.82, 2.24) is 0 Å². The van der Waals surface area contributed by atoms with Crippen molar-refractivity contribution in [1.29, 1.82) is 0 Å². The summed E-state index contributed by atoms with van der Waals surface area (Å²) in [6, 6.07) is 0. The van der Waals surface area contributed by atoms with Crippen LogP contribution in [0.15, 0.2) is 0 Å². The first-order valence-electron chi connectivity index (χ1n) is 4.86. The first-order chi connectivity index (χ1) is 5.63. The highest BCUT2D eigenvalue weighted by atomic mass is 16.6. The molecule has 12 heavy (non-hydrogen) atoms. The van der Waals surface area contributed by atoms with Crippen molar-refractivity contribution >= 4 is 0 Å². The van der Waals surface area contributed by atoms with Crippen molar-refractivity contribution in [2.75, 3.05) is 13.2 Å². The zero-order valence-corrected chi connectivity index (χ0v) is 8.54. The third kappa shape index (κ3) is 2.20. The lowest BCUT2D eigenvalue weighted by Gasteiger charge is -2.36. The summed E-state index contributed by atoms with van der Waals surface area (Å²) in [5.41, 5.74) is 0. The van der Waals surface area contributed by atoms with E-state index in [0.29, 0.717) is 24.0 Å². The highest BCUT2D eigenvalue weighted by Gasteiger charge is 2.31. The summed E-state index contributed by atoms with van der Waals surface area (Å²) in [5, 5.41) is 0. The molecule has 0 aromatic heterocycles. The molecular formula is C10H20O2. The minimum Gasteiger partial charge on any atom is -0.373 e. The molecule has 72 valence electrons. The fraction of sp³-hybridized carbons (Fsp3) is 1.00. The summed E-state index contributed by atoms with van der Waals surface area (Å²) in [6.07, 6.45) is 0.581. The molecule has 0 aliphatic carbocycles. The topological polar surface area (TPSA) is 18.5 Å². The lowest BCUT2D eigenvalue weighted by atomic mass is 9.93. The maximum absolute atomic E-state index is 5.69. The maximum atomic E-state index is 5.69. The van der Waals surface area contributed by atoms with Gasteiger partial charge in [0.2, 0.25) is 0 Å². The molecule has 0 spiro atoms. The van der Waals surface area contributed by atoms with E-state index >= 15 is 0 Å². The van der Waals surface area contributed by atoms with E-state index in [0.717, 1.165) is 13.2 Å². The van der Waals surface area contributed by atoms with Crippen LogP contribution in [-0.2, 0) is 9.47 Å². The average molecular weight is 172 g/mol. The van der Waals surface area contributed by atoms with Crippen LogP contribution in [0.1, 0.15) is 27.7 Å². The van der Waals surface area contributed by atoms with E-state index in [2.05, 4.69) is 27.7 Å². The van der Waals surface area contributed by atoms with Crippen molar-refractivity contribution in [3.8, 4) is 0 Å². The largest absolute Gasteiger partial charge is 0.373 e. The zero-order chi connectivity index (χ0) is 9.14. The van der Waals surface area contributed by atoms with Crippen LogP contribution in [0, 0.1) is 11.8 Å². The van der Waals surface area contributed by atoms with Gasteiger partial charge >= 0.3 is 0 Å². The van der Waals surface area contributed by atoms with Gasteiger partial charge in [0.05, 0.1) is 25.4 Å². The summed E-state index contributed by atoms with van der Waals surface area (Å²) in [6.45, 7) is 10.3. The SMILES string of the molecule is CC(C)C1OCCOC1C(C)C. The number of hydrogen-bond acceptors (Lipinski definition) is 2. The molecule has 1 heterocycles. The molecule has 0 aromatic rings. The van der Waals surface area contributed by atoms with E-state index in [1.54, 1.807) is 0 Å². The lowest BCUT2D eigenvalue weighted by Crippen LogP contribution is -2.44. The molecule has 0 saturated carbocycles. The van der Waals surface area contributed by atoms with Crippen molar-refractivity contribution in [3.63, 3.8) is 0 Å². The van der Waals surface area contributed by atoms with Crippen LogP contribution < -0.4 is 0 Å². The van der Waals surface area contributed by atoms with Gasteiger partial charge in [-0.2, -0.15) is 0 Å². The van der Waals surface area contributed by atoms with Crippen LogP contribution in [0.3, 0.4) is 0 Å². The van der Waals surface area contributed by atoms with Crippen LogP contribution in [0.4, 0.5) is 0 Å². The Morgan fingerprint density at radius 1 is 0.833 bits per heavy atom. The Balaban J connectivity index is 2.54. The third-order valence-corrected chi connectivity index (χ3v) is 2.34. The van der Waals surface area contributed by atoms with Crippen molar-refractivity contribution < 1.29 is 9.47 Å². The Bertz CT molecular complexity index is 116. The predicted octanol–water partition coefficient (Wildman–Crippen LogP) is 2.08. The fourth-order valence-electron chi connectivity index (χ4n) is 1.70. The molecule has 0 aromatic carbocycles. The molecule has 2 atom stereocenters. The van der Waals surface area contributed by atoms with E-state index in [-0.39, 0.29) is 0 Å². The standard InChI is InChI=1S/C10H20O2/c1-7(2)9-10(8(3)4)12-6-5-11-9/h7-10H,5-6H2,1-4H3. The molecule has 2 heteroatoms. The molecule has 1 aliphatic heterocycles. The first kappa shape index (κ1) is 10.0. The molecule has 1 saturated heterocycles. The fourth-order valence-corrected chi connectivity index (χ4v) is 1.70. The molecule has 0 bridgehead atoms. The Morgan fingerprint density at radius 3 is 1.42 bits per heavy atom. The molecular weight excluding hydrogens is 152 g/mol. The summed E-state index contributed by atoms with van der Waals surface area (Å²) >= 11 is 0. The van der Waals surface area contributed by atoms with E-state index in [9.17, 15) is 0 Å². The van der Waals surface area contributed by atoms with Crippen LogP contribution in [-0.4, -0.2) is 25.4 Å². The Labute approximate surface area is 75.2 Å². The van der Waals surface area contributed by atoms with Crippen LogP contribution in [0.2, 0.25) is 0 Å². The molecule has 0 radical (unpaired) electrons. The second-order valence-corrected chi connectivity index (χ2v) is 4.16. The Morgan fingerprint density at radius 2 is 1.17 bits per heavy atom. The summed E-state index contributed by atoms with van der Waals surface area (Å²) in [7, 11) is 0. The van der Waals surface area contributed by atoms with Crippen molar-refractivity contribution in [3.05, 3.63) is 0 Å². The van der Waals surface area contributed by atoms with Gasteiger partial charge in [-0.15, -0.1) is 0 Å². The Kier molecular flexibility index (Phi) is 3.53. The average Bonchev–Trinajstić information content (AvgIpc) is 2.04. The van der Waals surface area contributed by atoms with Gasteiger partial charge in [0, 0.05) is 0 Å². The molecule has 0 amide bonds. The number of hydrogen-bond donors (Lipinski definition) is 0. The molecule has 2 unspecified atom stereocenters. The van der Waals surface area contributed by atoms with Gasteiger partial charge in [0.1, 0.15) is 0 Å². The normalized spacial score (nSPS) is 31.5. The van der Waals surface area contributed by atoms with Gasteiger partial charge in [0.15, 0.2) is 0 Å². The minimum atomic E-state index is 0.291. The second-order valence-electron chi connectivity index (χ2n) is 4.16. The molecule has 0 N–H and O–H groups in total. The van der Waals surface area contributed by atoms with E-state index in [1.807, 2.05) is 0 Å². The highest BCUT2D eigenvalue weighted by molar-refractivity contribution is 4.79. The summed E-state index contributed by atoms with van der Waals surface area (Å²) in [5.74, 6) is 1.11. The van der Waals surface area contributed by atoms with E-state index in [4.69, 9.17) is 9.47 Å². The summed E-state index contributed by atoms with van der Waals surface area (Å²) < 4.78 is 11.4. The quantitative estimate of drug-likeness (QED) is 0.635. The molecule has 1 rings (SSSR count). The van der Waals surface area contributed by atoms with Crippen LogP contribution >= 0.6 is 0 Å². The number of rotatable bonds is 2. The van der Waals surface area contributed by atoms with E-state index in [1.165, 1.54) is 0 Å². The van der Waals surface area contributed by atoms with Gasteiger partial charge in [-0.3, -0.25) is 0 Å². The predicted molar refractivity (Wildman–Crippen MR) is 49.2 cm³/mol. The zero-order valence-electron chi connectivity index (χ0n) is 8.54. The van der Waals surface area contributed by atoms with Gasteiger partial charge in [-0.25, -0.2) is 0 Å². The molecule has 1 fully saturated rings. The first-order valence-corrected chi connectivity index (χ1v) is 4.86. The van der Waals surface area contributed by atoms with Crippen LogP contribution in [0.5, 0.6) is 0 Å². The van der Waals surface area contributed by atoms with E-state index < -0.39 is 0 Å². The molecule has 2 nitrogen and oxygen atoms in total. The third-order valence-electron chi connectivity index (χ3n) is 2.34. The van der Waals surface area contributed by atoms with Gasteiger partial charge < -0.3 is 9.47 Å². The minimum absolute atomic E-state index is 0.291. The monoisotopic (exact) mass is 172 g/mol. The van der Waals surface area contributed by atoms with Crippen LogP contribution in [0.25, 0.3) is 0 Å². The van der Waals surface area contributed by atoms with Gasteiger partial charge in [-0.1, -0.05) is 27.7 Å². The van der Waals surface area contributed by atoms with Gasteiger partial charge in [-0.05, 0) is 11.8 Å². The van der Waals surface area contributed by atoms with Crippen molar-refractivity contribution in [2.24, 2.45) is 11.8 Å². The maximum Gasteiger partial charge on any atom is 0.0863 e. The summed E-state index contributed by atoms with van der Waals surface area (Å²) in [4.78, 5) is 0. The molecule has 1 aliphatic rings. The smallest absolute Gasteiger partial charge is 0.0863 e. The Hall–Kier alpha value is -0.0800. The lowest BCUT2D eigenvalue weighted by molar-refractivity contribution is -0.169. The van der Waals surface area contributed by atoms with Crippen molar-refractivity contribution in [2.45, 2.75) is 39.9 Å².